The number of urea groups is 1. The Hall–Kier alpha value is -2.83. The van der Waals surface area contributed by atoms with Crippen LogP contribution in [0.1, 0.15) is 37.6 Å². The van der Waals surface area contributed by atoms with Crippen LogP contribution in [0.5, 0.6) is 0 Å². The molecular formula is C19H24N4O3. The Balaban J connectivity index is 1.65. The monoisotopic (exact) mass is 356 g/mol. The zero-order valence-corrected chi connectivity index (χ0v) is 15.1. The number of carbonyl (C=O) groups excluding carboxylic acids is 1. The van der Waals surface area contributed by atoms with Gasteiger partial charge in [-0.15, -0.1) is 0 Å². The fourth-order valence-electron chi connectivity index (χ4n) is 3.25. The van der Waals surface area contributed by atoms with Crippen LogP contribution < -0.4 is 5.32 Å². The number of carboxylic acids is 1. The second-order valence-electron chi connectivity index (χ2n) is 6.97. The zero-order valence-electron chi connectivity index (χ0n) is 15.1. The van der Waals surface area contributed by atoms with E-state index in [1.807, 2.05) is 30.5 Å². The van der Waals surface area contributed by atoms with Crippen molar-refractivity contribution in [3.8, 4) is 0 Å². The fourth-order valence-corrected chi connectivity index (χ4v) is 3.25. The number of imidazole rings is 1. The maximum absolute atomic E-state index is 12.4. The van der Waals surface area contributed by atoms with E-state index in [9.17, 15) is 9.59 Å². The molecule has 1 unspecified atom stereocenters. The lowest BCUT2D eigenvalue weighted by Crippen LogP contribution is -2.33. The van der Waals surface area contributed by atoms with Crippen LogP contribution in [0.3, 0.4) is 0 Å². The SMILES string of the molecule is CC(C)c1nccn1Cc1cccc(NC(=O)N2CCC(C(=O)O)C2)c1. The predicted molar refractivity (Wildman–Crippen MR) is 98.2 cm³/mol. The van der Waals surface area contributed by atoms with E-state index in [0.717, 1.165) is 11.4 Å². The van der Waals surface area contributed by atoms with Crippen molar-refractivity contribution in [3.05, 3.63) is 48.0 Å². The molecule has 2 amide bonds. The summed E-state index contributed by atoms with van der Waals surface area (Å²) >= 11 is 0. The van der Waals surface area contributed by atoms with Crippen LogP contribution in [0, 0.1) is 5.92 Å². The van der Waals surface area contributed by atoms with Gasteiger partial charge in [0.25, 0.3) is 0 Å². The number of benzene rings is 1. The minimum atomic E-state index is -0.844. The second-order valence-corrected chi connectivity index (χ2v) is 6.97. The van der Waals surface area contributed by atoms with Crippen LogP contribution >= 0.6 is 0 Å². The molecule has 138 valence electrons. The summed E-state index contributed by atoms with van der Waals surface area (Å²) in [5.41, 5.74) is 1.77. The summed E-state index contributed by atoms with van der Waals surface area (Å²) in [5, 5.41) is 11.9. The Bertz CT molecular complexity index is 800. The number of hydrogen-bond acceptors (Lipinski definition) is 3. The molecule has 0 saturated carbocycles. The van der Waals surface area contributed by atoms with E-state index >= 15 is 0 Å². The van der Waals surface area contributed by atoms with E-state index in [1.165, 1.54) is 0 Å². The van der Waals surface area contributed by atoms with Gasteiger partial charge in [-0.3, -0.25) is 4.79 Å². The van der Waals surface area contributed by atoms with Crippen molar-refractivity contribution >= 4 is 17.7 Å². The summed E-state index contributed by atoms with van der Waals surface area (Å²) in [6.07, 6.45) is 4.26. The van der Waals surface area contributed by atoms with E-state index in [0.29, 0.717) is 31.1 Å². The number of amides is 2. The molecule has 0 spiro atoms. The third kappa shape index (κ3) is 4.04. The van der Waals surface area contributed by atoms with Crippen molar-refractivity contribution in [2.45, 2.75) is 32.7 Å². The van der Waals surface area contributed by atoms with Gasteiger partial charge < -0.3 is 19.9 Å². The Kier molecular flexibility index (Phi) is 5.25. The van der Waals surface area contributed by atoms with E-state index in [1.54, 1.807) is 11.1 Å². The average molecular weight is 356 g/mol. The molecule has 0 aliphatic carbocycles. The van der Waals surface area contributed by atoms with E-state index in [4.69, 9.17) is 5.11 Å². The molecule has 1 aliphatic rings. The molecule has 1 saturated heterocycles. The average Bonchev–Trinajstić information content (AvgIpc) is 3.24. The van der Waals surface area contributed by atoms with Gasteiger partial charge in [-0.1, -0.05) is 26.0 Å². The highest BCUT2D eigenvalue weighted by atomic mass is 16.4. The number of aliphatic carboxylic acids is 1. The maximum Gasteiger partial charge on any atom is 0.321 e. The topological polar surface area (TPSA) is 87.5 Å². The molecule has 3 rings (SSSR count). The van der Waals surface area contributed by atoms with Gasteiger partial charge in [-0.2, -0.15) is 0 Å². The first-order chi connectivity index (χ1) is 12.4. The van der Waals surface area contributed by atoms with E-state index < -0.39 is 11.9 Å². The van der Waals surface area contributed by atoms with Crippen molar-refractivity contribution in [2.24, 2.45) is 5.92 Å². The minimum Gasteiger partial charge on any atom is -0.481 e. The molecule has 0 radical (unpaired) electrons. The predicted octanol–water partition coefficient (Wildman–Crippen LogP) is 2.99. The van der Waals surface area contributed by atoms with Crippen LogP contribution in [0.15, 0.2) is 36.7 Å². The summed E-state index contributed by atoms with van der Waals surface area (Å²) in [6, 6.07) is 7.43. The lowest BCUT2D eigenvalue weighted by atomic mass is 10.1. The van der Waals surface area contributed by atoms with Gasteiger partial charge in [0.05, 0.1) is 5.92 Å². The van der Waals surface area contributed by atoms with Gasteiger partial charge in [0.2, 0.25) is 0 Å². The zero-order chi connectivity index (χ0) is 18.7. The Labute approximate surface area is 152 Å². The molecule has 1 aromatic heterocycles. The number of carboxylic acid groups (broad SMARTS) is 1. The Morgan fingerprint density at radius 2 is 2.19 bits per heavy atom. The normalized spacial score (nSPS) is 16.9. The lowest BCUT2D eigenvalue weighted by molar-refractivity contribution is -0.141. The van der Waals surface area contributed by atoms with Crippen molar-refractivity contribution in [1.29, 1.82) is 0 Å². The summed E-state index contributed by atoms with van der Waals surface area (Å²) < 4.78 is 2.10. The molecule has 7 heteroatoms. The summed E-state index contributed by atoms with van der Waals surface area (Å²) in [6.45, 7) is 5.62. The number of carbonyl (C=O) groups is 2. The standard InChI is InChI=1S/C19H24N4O3/c1-13(2)17-20-7-9-22(17)11-14-4-3-5-16(10-14)21-19(26)23-8-6-15(12-23)18(24)25/h3-5,7,9-10,13,15H,6,8,11-12H2,1-2H3,(H,21,26)(H,24,25). The third-order valence-electron chi connectivity index (χ3n) is 4.62. The number of anilines is 1. The van der Waals surface area contributed by atoms with Crippen LogP contribution in [-0.4, -0.2) is 44.6 Å². The lowest BCUT2D eigenvalue weighted by Gasteiger charge is -2.17. The van der Waals surface area contributed by atoms with Crippen LogP contribution in [0.2, 0.25) is 0 Å². The molecule has 7 nitrogen and oxygen atoms in total. The van der Waals surface area contributed by atoms with Crippen molar-refractivity contribution < 1.29 is 14.7 Å². The molecule has 26 heavy (non-hydrogen) atoms. The molecule has 1 fully saturated rings. The Morgan fingerprint density at radius 1 is 1.38 bits per heavy atom. The van der Waals surface area contributed by atoms with Crippen molar-refractivity contribution in [1.82, 2.24) is 14.5 Å². The number of nitrogens with zero attached hydrogens (tertiary/aromatic N) is 3. The molecule has 1 aromatic carbocycles. The van der Waals surface area contributed by atoms with Crippen LogP contribution in [-0.2, 0) is 11.3 Å². The number of hydrogen-bond donors (Lipinski definition) is 2. The fraction of sp³-hybridized carbons (Fsp3) is 0.421. The van der Waals surface area contributed by atoms with Crippen molar-refractivity contribution in [3.63, 3.8) is 0 Å². The van der Waals surface area contributed by atoms with Gasteiger partial charge in [0.1, 0.15) is 5.82 Å². The molecule has 1 atom stereocenters. The number of rotatable bonds is 5. The molecule has 0 bridgehead atoms. The highest BCUT2D eigenvalue weighted by molar-refractivity contribution is 5.90. The van der Waals surface area contributed by atoms with Crippen molar-refractivity contribution in [2.75, 3.05) is 18.4 Å². The summed E-state index contributed by atoms with van der Waals surface area (Å²) in [4.78, 5) is 29.3. The van der Waals surface area contributed by atoms with Gasteiger partial charge >= 0.3 is 12.0 Å². The molecule has 2 N–H and O–H groups in total. The quantitative estimate of drug-likeness (QED) is 0.862. The number of nitrogens with one attached hydrogen (secondary N) is 1. The van der Waals surface area contributed by atoms with Crippen LogP contribution in [0.4, 0.5) is 10.5 Å². The Morgan fingerprint density at radius 3 is 2.88 bits per heavy atom. The molecule has 1 aliphatic heterocycles. The van der Waals surface area contributed by atoms with E-state index in [2.05, 4.69) is 28.7 Å². The largest absolute Gasteiger partial charge is 0.481 e. The van der Waals surface area contributed by atoms with Gasteiger partial charge in [0, 0.05) is 43.6 Å². The molecule has 2 heterocycles. The van der Waals surface area contributed by atoms with Gasteiger partial charge in [0.15, 0.2) is 0 Å². The summed E-state index contributed by atoms with van der Waals surface area (Å²) in [5.74, 6) is 0.0489. The van der Waals surface area contributed by atoms with E-state index in [-0.39, 0.29) is 12.6 Å². The highest BCUT2D eigenvalue weighted by Gasteiger charge is 2.30. The first kappa shape index (κ1) is 18.0. The summed E-state index contributed by atoms with van der Waals surface area (Å²) in [7, 11) is 0. The first-order valence-corrected chi connectivity index (χ1v) is 8.82. The van der Waals surface area contributed by atoms with Crippen LogP contribution in [0.25, 0.3) is 0 Å². The number of likely N-dealkylation sites (tertiary alicyclic amines) is 1. The first-order valence-electron chi connectivity index (χ1n) is 8.82. The second kappa shape index (κ2) is 7.59. The molecular weight excluding hydrogens is 332 g/mol. The number of aromatic nitrogens is 2. The van der Waals surface area contributed by atoms with Gasteiger partial charge in [-0.05, 0) is 24.1 Å². The third-order valence-corrected chi connectivity index (χ3v) is 4.62. The van der Waals surface area contributed by atoms with Gasteiger partial charge in [-0.25, -0.2) is 9.78 Å². The highest BCUT2D eigenvalue weighted by Crippen LogP contribution is 2.19. The maximum atomic E-state index is 12.4. The molecule has 2 aromatic rings. The smallest absolute Gasteiger partial charge is 0.321 e. The minimum absolute atomic E-state index is 0.253.